The third kappa shape index (κ3) is 3.35. The minimum atomic E-state index is 0.0562. The molecule has 0 heterocycles. The zero-order chi connectivity index (χ0) is 16.5. The molecule has 2 aromatic rings. The van der Waals surface area contributed by atoms with E-state index in [1.54, 1.807) is 6.07 Å². The first kappa shape index (κ1) is 16.6. The Hall–Kier alpha value is -1.76. The van der Waals surface area contributed by atoms with Crippen molar-refractivity contribution in [1.29, 1.82) is 0 Å². The summed E-state index contributed by atoms with van der Waals surface area (Å²) < 4.78 is 0. The number of hydrogen-bond donors (Lipinski definition) is 1. The van der Waals surface area contributed by atoms with Gasteiger partial charge in [0.2, 0.25) is 0 Å². The summed E-state index contributed by atoms with van der Waals surface area (Å²) in [5.74, 6) is 0.315. The second-order valence-electron chi connectivity index (χ2n) is 7.80. The summed E-state index contributed by atoms with van der Waals surface area (Å²) in [6.07, 6.45) is 1.11. The number of phenolic OH excluding ortho intramolecular Hbond substituents is 1. The molecule has 0 spiro atoms. The first-order valence-corrected chi connectivity index (χ1v) is 8.09. The molecule has 1 N–H and O–H groups in total. The van der Waals surface area contributed by atoms with Crippen LogP contribution in [-0.4, -0.2) is 5.11 Å². The van der Waals surface area contributed by atoms with Crippen molar-refractivity contribution in [1.82, 2.24) is 0 Å². The van der Waals surface area contributed by atoms with Gasteiger partial charge in [-0.2, -0.15) is 0 Å². The van der Waals surface area contributed by atoms with Crippen LogP contribution in [0.1, 0.15) is 59.1 Å². The fourth-order valence-corrected chi connectivity index (χ4v) is 2.72. The van der Waals surface area contributed by atoms with Crippen LogP contribution in [0.4, 0.5) is 0 Å². The fraction of sp³-hybridized carbons (Fsp3) is 0.429. The van der Waals surface area contributed by atoms with E-state index in [1.165, 1.54) is 16.7 Å². The Balaban J connectivity index is 2.65. The Morgan fingerprint density at radius 2 is 1.59 bits per heavy atom. The zero-order valence-electron chi connectivity index (χ0n) is 14.7. The fourth-order valence-electron chi connectivity index (χ4n) is 2.72. The highest BCUT2D eigenvalue weighted by Crippen LogP contribution is 2.38. The first-order valence-electron chi connectivity index (χ1n) is 8.09. The Morgan fingerprint density at radius 1 is 0.909 bits per heavy atom. The molecule has 2 rings (SSSR count). The van der Waals surface area contributed by atoms with E-state index in [1.807, 2.05) is 12.1 Å². The van der Waals surface area contributed by atoms with Gasteiger partial charge in [-0.3, -0.25) is 0 Å². The molecule has 118 valence electrons. The van der Waals surface area contributed by atoms with Gasteiger partial charge >= 0.3 is 0 Å². The molecule has 0 saturated carbocycles. The molecule has 0 radical (unpaired) electrons. The molecule has 0 unspecified atom stereocenters. The summed E-state index contributed by atoms with van der Waals surface area (Å²) in [6, 6.07) is 14.3. The molecule has 0 atom stereocenters. The number of hydrogen-bond acceptors (Lipinski definition) is 1. The molecule has 0 amide bonds. The van der Waals surface area contributed by atoms with Crippen molar-refractivity contribution in [3.63, 3.8) is 0 Å². The normalized spacial score (nSPS) is 12.5. The largest absolute Gasteiger partial charge is 0.508 e. The molecule has 0 saturated heterocycles. The molecule has 1 heteroatoms. The van der Waals surface area contributed by atoms with E-state index < -0.39 is 0 Å². The molecule has 0 aliphatic carbocycles. The lowest BCUT2D eigenvalue weighted by Crippen LogP contribution is -2.19. The van der Waals surface area contributed by atoms with Gasteiger partial charge in [0.05, 0.1) is 0 Å². The average Bonchev–Trinajstić information content (AvgIpc) is 2.45. The summed E-state index contributed by atoms with van der Waals surface area (Å²) in [6.45, 7) is 13.6. The molecule has 0 aliphatic heterocycles. The van der Waals surface area contributed by atoms with Gasteiger partial charge in [-0.1, -0.05) is 71.9 Å². The van der Waals surface area contributed by atoms with Gasteiger partial charge in [-0.15, -0.1) is 0 Å². The Labute approximate surface area is 135 Å². The van der Waals surface area contributed by atoms with Crippen molar-refractivity contribution in [2.45, 2.75) is 58.8 Å². The molecule has 2 aromatic carbocycles. The lowest BCUT2D eigenvalue weighted by atomic mass is 9.76. The van der Waals surface area contributed by atoms with Crippen molar-refractivity contribution in [2.75, 3.05) is 0 Å². The summed E-state index contributed by atoms with van der Waals surface area (Å²) in [5, 5.41) is 9.79. The number of phenols is 1. The van der Waals surface area contributed by atoms with Crippen molar-refractivity contribution in [3.8, 4) is 16.9 Å². The maximum atomic E-state index is 9.79. The average molecular weight is 296 g/mol. The molecule has 1 nitrogen and oxygen atoms in total. The van der Waals surface area contributed by atoms with E-state index in [0.29, 0.717) is 5.75 Å². The summed E-state index contributed by atoms with van der Waals surface area (Å²) in [7, 11) is 0. The van der Waals surface area contributed by atoms with E-state index in [2.05, 4.69) is 65.8 Å². The second-order valence-corrected chi connectivity index (χ2v) is 7.80. The van der Waals surface area contributed by atoms with E-state index in [9.17, 15) is 5.11 Å². The van der Waals surface area contributed by atoms with Crippen LogP contribution in [0.3, 0.4) is 0 Å². The predicted octanol–water partition coefficient (Wildman–Crippen LogP) is 6.04. The van der Waals surface area contributed by atoms with Crippen LogP contribution < -0.4 is 0 Å². The molecule has 0 fully saturated rings. The van der Waals surface area contributed by atoms with Crippen LogP contribution in [0.15, 0.2) is 42.5 Å². The Morgan fingerprint density at radius 3 is 2.14 bits per heavy atom. The maximum Gasteiger partial charge on any atom is 0.116 e. The van der Waals surface area contributed by atoms with Crippen molar-refractivity contribution in [2.24, 2.45) is 0 Å². The Kier molecular flexibility index (Phi) is 4.37. The van der Waals surface area contributed by atoms with Gasteiger partial charge in [-0.05, 0) is 51.6 Å². The van der Waals surface area contributed by atoms with Crippen LogP contribution in [0.5, 0.6) is 5.75 Å². The van der Waals surface area contributed by atoms with E-state index in [0.717, 1.165) is 12.0 Å². The minimum Gasteiger partial charge on any atom is -0.508 e. The topological polar surface area (TPSA) is 20.2 Å². The smallest absolute Gasteiger partial charge is 0.116 e. The van der Waals surface area contributed by atoms with Crippen LogP contribution in [0.2, 0.25) is 0 Å². The number of aromatic hydroxyl groups is 1. The van der Waals surface area contributed by atoms with Gasteiger partial charge in [0.1, 0.15) is 5.75 Å². The molecular formula is C21H28O. The molecule has 0 aromatic heterocycles. The van der Waals surface area contributed by atoms with E-state index >= 15 is 0 Å². The van der Waals surface area contributed by atoms with Crippen molar-refractivity contribution in [3.05, 3.63) is 53.6 Å². The number of rotatable bonds is 3. The lowest BCUT2D eigenvalue weighted by Gasteiger charge is -2.29. The van der Waals surface area contributed by atoms with Crippen molar-refractivity contribution < 1.29 is 5.11 Å². The molecule has 22 heavy (non-hydrogen) atoms. The second kappa shape index (κ2) is 5.79. The minimum absolute atomic E-state index is 0.0562. The van der Waals surface area contributed by atoms with Crippen LogP contribution in [-0.2, 0) is 10.8 Å². The quantitative estimate of drug-likeness (QED) is 0.731. The molecule has 0 bridgehead atoms. The SMILES string of the molecule is CCC(C)(C)c1ccc(-c2cccc(O)c2)c(C(C)(C)C)c1. The van der Waals surface area contributed by atoms with Crippen molar-refractivity contribution >= 4 is 0 Å². The predicted molar refractivity (Wildman–Crippen MR) is 95.6 cm³/mol. The highest BCUT2D eigenvalue weighted by atomic mass is 16.3. The van der Waals surface area contributed by atoms with E-state index in [-0.39, 0.29) is 10.8 Å². The van der Waals surface area contributed by atoms with Crippen LogP contribution >= 0.6 is 0 Å². The third-order valence-electron chi connectivity index (χ3n) is 4.65. The molecular weight excluding hydrogens is 268 g/mol. The molecule has 0 aliphatic rings. The monoisotopic (exact) mass is 296 g/mol. The zero-order valence-corrected chi connectivity index (χ0v) is 14.7. The van der Waals surface area contributed by atoms with Gasteiger partial charge in [0.15, 0.2) is 0 Å². The Bertz CT molecular complexity index is 660. The maximum absolute atomic E-state index is 9.79. The van der Waals surface area contributed by atoms with Gasteiger partial charge in [-0.25, -0.2) is 0 Å². The van der Waals surface area contributed by atoms with Gasteiger partial charge in [0, 0.05) is 0 Å². The summed E-state index contributed by atoms with van der Waals surface area (Å²) in [5.41, 5.74) is 5.23. The summed E-state index contributed by atoms with van der Waals surface area (Å²) in [4.78, 5) is 0. The van der Waals surface area contributed by atoms with Crippen LogP contribution in [0.25, 0.3) is 11.1 Å². The standard InChI is InChI=1S/C21H28O/c1-7-21(5,6)16-11-12-18(19(14-16)20(2,3)4)15-9-8-10-17(22)13-15/h8-14,22H,7H2,1-6H3. The summed E-state index contributed by atoms with van der Waals surface area (Å²) >= 11 is 0. The number of benzene rings is 2. The van der Waals surface area contributed by atoms with Crippen LogP contribution in [0, 0.1) is 0 Å². The highest BCUT2D eigenvalue weighted by Gasteiger charge is 2.24. The third-order valence-corrected chi connectivity index (χ3v) is 4.65. The highest BCUT2D eigenvalue weighted by molar-refractivity contribution is 5.70. The van der Waals surface area contributed by atoms with E-state index in [4.69, 9.17) is 0 Å². The van der Waals surface area contributed by atoms with Gasteiger partial charge < -0.3 is 5.11 Å². The van der Waals surface area contributed by atoms with Gasteiger partial charge in [0.25, 0.3) is 0 Å². The lowest BCUT2D eigenvalue weighted by molar-refractivity contribution is 0.475. The first-order chi connectivity index (χ1) is 10.1.